The molecule has 94 valence electrons. The normalized spacial score (nSPS) is 23.1. The summed E-state index contributed by atoms with van der Waals surface area (Å²) in [5.41, 5.74) is 0.0302. The molecule has 4 heteroatoms. The number of rotatable bonds is 2. The van der Waals surface area contributed by atoms with E-state index in [1.165, 1.54) is 6.42 Å². The van der Waals surface area contributed by atoms with Gasteiger partial charge in [0.05, 0.1) is 4.08 Å². The number of halogens is 1. The zero-order valence-electron chi connectivity index (χ0n) is 10.1. The van der Waals surface area contributed by atoms with Gasteiger partial charge >= 0.3 is 0 Å². The van der Waals surface area contributed by atoms with Crippen LogP contribution < -0.4 is 0 Å². The van der Waals surface area contributed by atoms with E-state index in [1.807, 2.05) is 54.7 Å². The lowest BCUT2D eigenvalue weighted by Crippen LogP contribution is -2.44. The molecule has 1 nitrogen and oxygen atoms in total. The van der Waals surface area contributed by atoms with Crippen molar-refractivity contribution in [2.24, 2.45) is 0 Å². The predicted molar refractivity (Wildman–Crippen MR) is 79.0 cm³/mol. The van der Waals surface area contributed by atoms with E-state index in [1.54, 1.807) is 0 Å². The second kappa shape index (κ2) is 5.04. The molecule has 1 aromatic rings. The zero-order valence-corrected chi connectivity index (χ0v) is 12.5. The van der Waals surface area contributed by atoms with Crippen molar-refractivity contribution in [2.45, 2.75) is 29.9 Å². The van der Waals surface area contributed by atoms with Crippen LogP contribution in [-0.4, -0.2) is 20.7 Å². The van der Waals surface area contributed by atoms with E-state index in [0.717, 1.165) is 17.1 Å². The van der Waals surface area contributed by atoms with Gasteiger partial charge in [0.25, 0.3) is 0 Å². The number of hydrogen-bond acceptors (Lipinski definition) is 3. The van der Waals surface area contributed by atoms with Gasteiger partial charge in [-0.1, -0.05) is 23.7 Å². The monoisotopic (exact) mass is 288 g/mol. The minimum Gasteiger partial charge on any atom is -0.383 e. The van der Waals surface area contributed by atoms with Crippen molar-refractivity contribution in [1.82, 2.24) is 0 Å². The molecule has 1 unspecified atom stereocenters. The van der Waals surface area contributed by atoms with Crippen LogP contribution in [0.4, 0.5) is 0 Å². The molecule has 2 rings (SSSR count). The molecule has 1 atom stereocenters. The van der Waals surface area contributed by atoms with Crippen molar-refractivity contribution in [3.05, 3.63) is 34.9 Å². The molecule has 1 N–H and O–H groups in total. The van der Waals surface area contributed by atoms with Crippen molar-refractivity contribution < 1.29 is 5.11 Å². The summed E-state index contributed by atoms with van der Waals surface area (Å²) in [6.07, 6.45) is 1.22. The molecule has 1 saturated heterocycles. The Labute approximate surface area is 116 Å². The maximum atomic E-state index is 10.9. The zero-order chi connectivity index (χ0) is 12.5. The van der Waals surface area contributed by atoms with E-state index in [-0.39, 0.29) is 4.08 Å². The Morgan fingerprint density at radius 2 is 2.00 bits per heavy atom. The molecule has 1 aliphatic heterocycles. The quantitative estimate of drug-likeness (QED) is 0.883. The second-order valence-corrected chi connectivity index (χ2v) is 8.30. The summed E-state index contributed by atoms with van der Waals surface area (Å²) in [4.78, 5) is 0. The fourth-order valence-electron chi connectivity index (χ4n) is 1.97. The predicted octanol–water partition coefficient (Wildman–Crippen LogP) is 4.13. The van der Waals surface area contributed by atoms with Crippen LogP contribution in [0.3, 0.4) is 0 Å². The average molecular weight is 289 g/mol. The molecule has 0 radical (unpaired) electrons. The Kier molecular flexibility index (Phi) is 4.03. The summed E-state index contributed by atoms with van der Waals surface area (Å²) in [7, 11) is 0. The molecule has 0 amide bonds. The highest BCUT2D eigenvalue weighted by atomic mass is 35.5. The van der Waals surface area contributed by atoms with Crippen LogP contribution in [0, 0.1) is 0 Å². The van der Waals surface area contributed by atoms with Crippen LogP contribution in [0.25, 0.3) is 0 Å². The third-order valence-electron chi connectivity index (χ3n) is 3.31. The molecule has 17 heavy (non-hydrogen) atoms. The lowest BCUT2D eigenvalue weighted by molar-refractivity contribution is 0.0487. The van der Waals surface area contributed by atoms with Gasteiger partial charge in [-0.25, -0.2) is 0 Å². The lowest BCUT2D eigenvalue weighted by Gasteiger charge is -2.44. The van der Waals surface area contributed by atoms with Crippen LogP contribution in [0.15, 0.2) is 24.3 Å². The van der Waals surface area contributed by atoms with Gasteiger partial charge in [-0.15, -0.1) is 23.5 Å². The maximum Gasteiger partial charge on any atom is 0.110 e. The van der Waals surface area contributed by atoms with Crippen molar-refractivity contribution in [1.29, 1.82) is 0 Å². The number of benzene rings is 1. The highest BCUT2D eigenvalue weighted by Crippen LogP contribution is 2.53. The van der Waals surface area contributed by atoms with E-state index in [2.05, 4.69) is 6.92 Å². The van der Waals surface area contributed by atoms with Gasteiger partial charge in [0.1, 0.15) is 5.60 Å². The molecule has 1 fully saturated rings. The third-order valence-corrected chi connectivity index (χ3v) is 7.14. The molecule has 0 aliphatic carbocycles. The summed E-state index contributed by atoms with van der Waals surface area (Å²) < 4.78 is -0.198. The summed E-state index contributed by atoms with van der Waals surface area (Å²) in [6.45, 7) is 4.02. The van der Waals surface area contributed by atoms with Crippen molar-refractivity contribution >= 4 is 35.1 Å². The molecule has 0 spiro atoms. The Morgan fingerprint density at radius 3 is 2.59 bits per heavy atom. The Morgan fingerprint density at radius 1 is 1.35 bits per heavy atom. The van der Waals surface area contributed by atoms with Crippen molar-refractivity contribution in [3.63, 3.8) is 0 Å². The average Bonchev–Trinajstić information content (AvgIpc) is 2.30. The van der Waals surface area contributed by atoms with E-state index in [4.69, 9.17) is 11.6 Å². The second-order valence-electron chi connectivity index (χ2n) is 4.58. The Bertz CT molecular complexity index is 400. The Hall–Kier alpha value is 0.170. The first-order valence-electron chi connectivity index (χ1n) is 5.72. The minimum absolute atomic E-state index is 0.198. The fourth-order valence-corrected chi connectivity index (χ4v) is 5.33. The van der Waals surface area contributed by atoms with E-state index < -0.39 is 5.60 Å². The number of hydrogen-bond donors (Lipinski definition) is 1. The van der Waals surface area contributed by atoms with Crippen molar-refractivity contribution in [3.8, 4) is 0 Å². The topological polar surface area (TPSA) is 20.2 Å². The number of thioether (sulfide) groups is 2. The van der Waals surface area contributed by atoms with E-state index in [9.17, 15) is 5.11 Å². The van der Waals surface area contributed by atoms with Crippen molar-refractivity contribution in [2.75, 3.05) is 11.5 Å². The first-order valence-corrected chi connectivity index (χ1v) is 8.07. The number of aliphatic hydroxyl groups is 1. The molecule has 0 saturated carbocycles. The van der Waals surface area contributed by atoms with Crippen LogP contribution in [0.5, 0.6) is 0 Å². The summed E-state index contributed by atoms with van der Waals surface area (Å²) >= 11 is 9.70. The van der Waals surface area contributed by atoms with Crippen LogP contribution in [0.1, 0.15) is 25.8 Å². The van der Waals surface area contributed by atoms with Gasteiger partial charge in [-0.3, -0.25) is 0 Å². The molecule has 1 aliphatic rings. The van der Waals surface area contributed by atoms with E-state index >= 15 is 0 Å². The maximum absolute atomic E-state index is 10.9. The molecular formula is C13H17ClOS2. The molecular weight excluding hydrogens is 272 g/mol. The van der Waals surface area contributed by atoms with Gasteiger partial charge in [-0.05, 0) is 49.5 Å². The van der Waals surface area contributed by atoms with Crippen LogP contribution in [0.2, 0.25) is 5.02 Å². The van der Waals surface area contributed by atoms with Crippen LogP contribution >= 0.6 is 35.1 Å². The van der Waals surface area contributed by atoms with Crippen LogP contribution in [-0.2, 0) is 5.60 Å². The summed E-state index contributed by atoms with van der Waals surface area (Å²) in [5, 5.41) is 11.6. The molecule has 1 aromatic carbocycles. The SMILES string of the molecule is CC1(C(C)(O)c2cccc(Cl)c2)SCCCS1. The summed E-state index contributed by atoms with van der Waals surface area (Å²) in [5.74, 6) is 2.22. The first-order chi connectivity index (χ1) is 7.96. The van der Waals surface area contributed by atoms with Gasteiger partial charge < -0.3 is 5.11 Å². The smallest absolute Gasteiger partial charge is 0.110 e. The Balaban J connectivity index is 2.34. The van der Waals surface area contributed by atoms with Gasteiger partial charge in [0.2, 0.25) is 0 Å². The first kappa shape index (κ1) is 13.6. The fraction of sp³-hybridized carbons (Fsp3) is 0.538. The highest BCUT2D eigenvalue weighted by Gasteiger charge is 2.46. The molecule has 0 aromatic heterocycles. The highest BCUT2D eigenvalue weighted by molar-refractivity contribution is 8.18. The largest absolute Gasteiger partial charge is 0.383 e. The lowest BCUT2D eigenvalue weighted by atomic mass is 9.92. The van der Waals surface area contributed by atoms with Gasteiger partial charge in [0, 0.05) is 5.02 Å². The minimum atomic E-state index is -0.867. The third kappa shape index (κ3) is 2.62. The van der Waals surface area contributed by atoms with Gasteiger partial charge in [-0.2, -0.15) is 0 Å². The van der Waals surface area contributed by atoms with E-state index in [0.29, 0.717) is 5.02 Å². The standard InChI is InChI=1S/C13H17ClOS2/c1-12(15,10-5-3-6-11(14)9-10)13(2)16-7-4-8-17-13/h3,5-6,9,15H,4,7-8H2,1-2H3. The van der Waals surface area contributed by atoms with Gasteiger partial charge in [0.15, 0.2) is 0 Å². The molecule has 0 bridgehead atoms. The summed E-state index contributed by atoms with van der Waals surface area (Å²) in [6, 6.07) is 7.55. The molecule has 1 heterocycles.